The summed E-state index contributed by atoms with van der Waals surface area (Å²) in [5.41, 5.74) is 6.60. The second kappa shape index (κ2) is 6.99. The molecule has 2 aromatic rings. The third-order valence-electron chi connectivity index (χ3n) is 3.01. The summed E-state index contributed by atoms with van der Waals surface area (Å²) in [5, 5.41) is 0.394. The van der Waals surface area contributed by atoms with Gasteiger partial charge in [0, 0.05) is 12.7 Å². The van der Waals surface area contributed by atoms with Crippen molar-refractivity contribution in [1.29, 1.82) is 0 Å². The number of carbonyl (C=O) groups excluding carboxylic acids is 1. The maximum absolute atomic E-state index is 12.3. The molecule has 5 heteroatoms. The molecule has 0 atom stereocenters. The van der Waals surface area contributed by atoms with E-state index in [1.54, 1.807) is 30.1 Å². The molecule has 21 heavy (non-hydrogen) atoms. The van der Waals surface area contributed by atoms with Gasteiger partial charge >= 0.3 is 0 Å². The van der Waals surface area contributed by atoms with E-state index < -0.39 is 0 Å². The van der Waals surface area contributed by atoms with Gasteiger partial charge in [0.15, 0.2) is 0 Å². The third-order valence-corrected chi connectivity index (χ3v) is 3.34. The van der Waals surface area contributed by atoms with Crippen LogP contribution in [0.5, 0.6) is 5.75 Å². The van der Waals surface area contributed by atoms with E-state index in [-0.39, 0.29) is 5.91 Å². The molecule has 0 saturated heterocycles. The zero-order valence-electron chi connectivity index (χ0n) is 11.8. The number of hydrogen-bond acceptors (Lipinski definition) is 3. The van der Waals surface area contributed by atoms with Gasteiger partial charge in [0.1, 0.15) is 12.4 Å². The van der Waals surface area contributed by atoms with Gasteiger partial charge in [-0.1, -0.05) is 29.8 Å². The predicted molar refractivity (Wildman–Crippen MR) is 84.8 cm³/mol. The Hall–Kier alpha value is -2.20. The average Bonchev–Trinajstić information content (AvgIpc) is 2.50. The fraction of sp³-hybridized carbons (Fsp3) is 0.188. The highest BCUT2D eigenvalue weighted by Crippen LogP contribution is 2.20. The number of anilines is 1. The maximum Gasteiger partial charge on any atom is 0.255 e. The van der Waals surface area contributed by atoms with Crippen molar-refractivity contribution in [3.05, 3.63) is 59.1 Å². The first-order valence-electron chi connectivity index (χ1n) is 6.56. The van der Waals surface area contributed by atoms with Gasteiger partial charge in [-0.3, -0.25) is 4.79 Å². The maximum atomic E-state index is 12.3. The fourth-order valence-electron chi connectivity index (χ4n) is 1.83. The van der Waals surface area contributed by atoms with E-state index >= 15 is 0 Å². The van der Waals surface area contributed by atoms with Crippen molar-refractivity contribution < 1.29 is 9.53 Å². The summed E-state index contributed by atoms with van der Waals surface area (Å²) in [6.45, 7) is 0.866. The average molecular weight is 305 g/mol. The van der Waals surface area contributed by atoms with Crippen LogP contribution in [0.15, 0.2) is 48.5 Å². The van der Waals surface area contributed by atoms with Gasteiger partial charge in [0.25, 0.3) is 5.91 Å². The molecular weight excluding hydrogens is 288 g/mol. The van der Waals surface area contributed by atoms with Crippen LogP contribution in [0.2, 0.25) is 5.02 Å². The molecule has 0 unspecified atom stereocenters. The Morgan fingerprint density at radius 3 is 2.67 bits per heavy atom. The van der Waals surface area contributed by atoms with Crippen LogP contribution in [-0.2, 0) is 0 Å². The Morgan fingerprint density at radius 2 is 1.95 bits per heavy atom. The molecule has 0 bridgehead atoms. The van der Waals surface area contributed by atoms with Crippen LogP contribution >= 0.6 is 11.6 Å². The standard InChI is InChI=1S/C16H17ClN2O2/c1-19(9-10-21-13-5-3-2-4-6-13)16(20)14-11-12(18)7-8-15(14)17/h2-8,11H,9-10,18H2,1H3. The van der Waals surface area contributed by atoms with Crippen molar-refractivity contribution in [2.75, 3.05) is 25.9 Å². The lowest BCUT2D eigenvalue weighted by molar-refractivity contribution is 0.0774. The number of nitrogen functional groups attached to an aromatic ring is 1. The Kier molecular flexibility index (Phi) is 5.06. The number of hydrogen-bond donors (Lipinski definition) is 1. The van der Waals surface area contributed by atoms with Gasteiger partial charge in [-0.05, 0) is 30.3 Å². The molecule has 4 nitrogen and oxygen atoms in total. The van der Waals surface area contributed by atoms with Crippen LogP contribution in [0.4, 0.5) is 5.69 Å². The van der Waals surface area contributed by atoms with Gasteiger partial charge in [-0.2, -0.15) is 0 Å². The SMILES string of the molecule is CN(CCOc1ccccc1)C(=O)c1cc(N)ccc1Cl. The number of nitrogens with zero attached hydrogens (tertiary/aromatic N) is 1. The molecule has 0 radical (unpaired) electrons. The van der Waals surface area contributed by atoms with Crippen LogP contribution in [0.3, 0.4) is 0 Å². The van der Waals surface area contributed by atoms with Gasteiger partial charge < -0.3 is 15.4 Å². The van der Waals surface area contributed by atoms with Crippen molar-refractivity contribution in [1.82, 2.24) is 4.90 Å². The molecule has 0 heterocycles. The van der Waals surface area contributed by atoms with E-state index in [9.17, 15) is 4.79 Å². The van der Waals surface area contributed by atoms with Crippen molar-refractivity contribution in [2.45, 2.75) is 0 Å². The van der Waals surface area contributed by atoms with Crippen molar-refractivity contribution in [3.8, 4) is 5.75 Å². The number of amides is 1. The Bertz CT molecular complexity index is 617. The smallest absolute Gasteiger partial charge is 0.255 e. The molecule has 0 aliphatic rings. The fourth-order valence-corrected chi connectivity index (χ4v) is 2.03. The highest BCUT2D eigenvalue weighted by atomic mass is 35.5. The largest absolute Gasteiger partial charge is 0.492 e. The van der Waals surface area contributed by atoms with Crippen LogP contribution in [0, 0.1) is 0 Å². The summed E-state index contributed by atoms with van der Waals surface area (Å²) in [6.07, 6.45) is 0. The van der Waals surface area contributed by atoms with E-state index in [4.69, 9.17) is 22.1 Å². The molecule has 2 N–H and O–H groups in total. The first kappa shape index (κ1) is 15.2. The third kappa shape index (κ3) is 4.13. The van der Waals surface area contributed by atoms with Crippen molar-refractivity contribution in [3.63, 3.8) is 0 Å². The monoisotopic (exact) mass is 304 g/mol. The summed E-state index contributed by atoms with van der Waals surface area (Å²) in [4.78, 5) is 13.8. The van der Waals surface area contributed by atoms with Crippen LogP contribution in [0.1, 0.15) is 10.4 Å². The number of rotatable bonds is 5. The molecule has 1 amide bonds. The van der Waals surface area contributed by atoms with Gasteiger partial charge in [0.05, 0.1) is 17.1 Å². The van der Waals surface area contributed by atoms with E-state index in [0.717, 1.165) is 5.75 Å². The summed E-state index contributed by atoms with van der Waals surface area (Å²) < 4.78 is 5.57. The first-order valence-corrected chi connectivity index (χ1v) is 6.94. The van der Waals surface area contributed by atoms with E-state index in [1.807, 2.05) is 30.3 Å². The molecule has 0 aliphatic carbocycles. The van der Waals surface area contributed by atoms with E-state index in [1.165, 1.54) is 0 Å². The second-order valence-corrected chi connectivity index (χ2v) is 5.03. The number of nitrogens with two attached hydrogens (primary N) is 1. The number of halogens is 1. The number of para-hydroxylation sites is 1. The zero-order valence-corrected chi connectivity index (χ0v) is 12.5. The second-order valence-electron chi connectivity index (χ2n) is 4.63. The summed E-state index contributed by atoms with van der Waals surface area (Å²) in [5.74, 6) is 0.601. The van der Waals surface area contributed by atoms with Gasteiger partial charge in [-0.25, -0.2) is 0 Å². The zero-order chi connectivity index (χ0) is 15.2. The molecule has 0 aromatic heterocycles. The minimum atomic E-state index is -0.177. The number of ether oxygens (including phenoxy) is 1. The predicted octanol–water partition coefficient (Wildman–Crippen LogP) is 3.07. The molecule has 110 valence electrons. The highest BCUT2D eigenvalue weighted by molar-refractivity contribution is 6.33. The number of benzene rings is 2. The normalized spacial score (nSPS) is 10.2. The number of likely N-dealkylation sites (N-methyl/N-ethyl adjacent to an activating group) is 1. The molecule has 0 spiro atoms. The van der Waals surface area contributed by atoms with E-state index in [0.29, 0.717) is 29.4 Å². The lowest BCUT2D eigenvalue weighted by Crippen LogP contribution is -2.31. The Labute approximate surface area is 129 Å². The first-order chi connectivity index (χ1) is 10.1. The lowest BCUT2D eigenvalue weighted by Gasteiger charge is -2.18. The summed E-state index contributed by atoms with van der Waals surface area (Å²) in [6, 6.07) is 14.3. The molecule has 2 aromatic carbocycles. The van der Waals surface area contributed by atoms with Gasteiger partial charge in [0.2, 0.25) is 0 Å². The molecule has 0 fully saturated rings. The quantitative estimate of drug-likeness (QED) is 0.864. The minimum Gasteiger partial charge on any atom is -0.492 e. The molecule has 0 saturated carbocycles. The number of carbonyl (C=O) groups is 1. The molecular formula is C16H17ClN2O2. The highest BCUT2D eigenvalue weighted by Gasteiger charge is 2.15. The molecule has 2 rings (SSSR count). The minimum absolute atomic E-state index is 0.177. The van der Waals surface area contributed by atoms with E-state index in [2.05, 4.69) is 0 Å². The van der Waals surface area contributed by atoms with Crippen LogP contribution in [-0.4, -0.2) is 31.0 Å². The topological polar surface area (TPSA) is 55.6 Å². The Balaban J connectivity index is 1.92. The summed E-state index contributed by atoms with van der Waals surface area (Å²) in [7, 11) is 1.70. The lowest BCUT2D eigenvalue weighted by atomic mass is 10.2. The Morgan fingerprint density at radius 1 is 1.24 bits per heavy atom. The van der Waals surface area contributed by atoms with Gasteiger partial charge in [-0.15, -0.1) is 0 Å². The van der Waals surface area contributed by atoms with Crippen molar-refractivity contribution >= 4 is 23.2 Å². The van der Waals surface area contributed by atoms with Crippen LogP contribution < -0.4 is 10.5 Å². The van der Waals surface area contributed by atoms with Crippen LogP contribution in [0.25, 0.3) is 0 Å². The van der Waals surface area contributed by atoms with Crippen molar-refractivity contribution in [2.24, 2.45) is 0 Å². The molecule has 0 aliphatic heterocycles. The summed E-state index contributed by atoms with van der Waals surface area (Å²) >= 11 is 6.03.